The van der Waals surface area contributed by atoms with Gasteiger partial charge in [0, 0.05) is 46.9 Å². The zero-order valence-corrected chi connectivity index (χ0v) is 20.9. The largest absolute Gasteiger partial charge is 0.381 e. The van der Waals surface area contributed by atoms with Gasteiger partial charge in [0.15, 0.2) is 10.7 Å². The number of halogens is 4. The quantitative estimate of drug-likeness (QED) is 0.354. The predicted molar refractivity (Wildman–Crippen MR) is 129 cm³/mol. The number of hydrogen-bond acceptors (Lipinski definition) is 6. The average Bonchev–Trinajstić information content (AvgIpc) is 3.56. The molecule has 2 fully saturated rings. The molecule has 0 aliphatic carbocycles. The molecule has 1 atom stereocenters. The van der Waals surface area contributed by atoms with Crippen molar-refractivity contribution in [1.29, 1.82) is 0 Å². The zero-order valence-electron chi connectivity index (χ0n) is 19.3. The first kappa shape index (κ1) is 25.0. The molecule has 0 spiro atoms. The zero-order chi connectivity index (χ0) is 25.6. The van der Waals surface area contributed by atoms with Crippen molar-refractivity contribution in [2.45, 2.75) is 62.2 Å². The van der Waals surface area contributed by atoms with E-state index in [-0.39, 0.29) is 35.2 Å². The van der Waals surface area contributed by atoms with Crippen molar-refractivity contribution in [3.63, 3.8) is 0 Å². The number of rotatable bonds is 8. The van der Waals surface area contributed by atoms with E-state index in [4.69, 9.17) is 0 Å². The third kappa shape index (κ3) is 4.57. The van der Waals surface area contributed by atoms with Crippen molar-refractivity contribution in [1.82, 2.24) is 9.88 Å². The average molecular weight is 541 g/mol. The predicted octanol–water partition coefficient (Wildman–Crippen LogP) is 5.80. The van der Waals surface area contributed by atoms with E-state index < -0.39 is 38.2 Å². The Labute approximate surface area is 210 Å². The van der Waals surface area contributed by atoms with E-state index in [1.165, 1.54) is 10.9 Å². The van der Waals surface area contributed by atoms with Gasteiger partial charge in [-0.2, -0.15) is 0 Å². The van der Waals surface area contributed by atoms with Crippen LogP contribution in [0.1, 0.15) is 49.8 Å². The first-order valence-electron chi connectivity index (χ1n) is 11.5. The summed E-state index contributed by atoms with van der Waals surface area (Å²) in [5.74, 6) is -3.90. The first-order valence-corrected chi connectivity index (χ1v) is 14.0. The molecule has 2 aromatic carbocycles. The van der Waals surface area contributed by atoms with Gasteiger partial charge in [0.05, 0.1) is 5.51 Å². The van der Waals surface area contributed by atoms with E-state index in [1.54, 1.807) is 0 Å². The smallest absolute Gasteiger partial charge is 0.268 e. The second kappa shape index (κ2) is 9.64. The van der Waals surface area contributed by atoms with Gasteiger partial charge in [0.1, 0.15) is 23.3 Å². The Morgan fingerprint density at radius 1 is 1.03 bits per heavy atom. The number of hydrogen-bond donors (Lipinski definition) is 2. The van der Waals surface area contributed by atoms with Crippen LogP contribution in [0, 0.1) is 23.3 Å². The Morgan fingerprint density at radius 2 is 1.64 bits per heavy atom. The van der Waals surface area contributed by atoms with Gasteiger partial charge in [-0.25, -0.2) is 31.0 Å². The molecular formula is C24H24F4N4O2S2. The summed E-state index contributed by atoms with van der Waals surface area (Å²) in [5.41, 5.74) is 1.54. The highest BCUT2D eigenvalue weighted by atomic mass is 32.2. The van der Waals surface area contributed by atoms with Gasteiger partial charge in [0.25, 0.3) is 10.0 Å². The van der Waals surface area contributed by atoms with Crippen LogP contribution in [0.5, 0.6) is 0 Å². The summed E-state index contributed by atoms with van der Waals surface area (Å²) in [4.78, 5) is 4.84. The first-order chi connectivity index (χ1) is 17.2. The second-order valence-electron chi connectivity index (χ2n) is 9.11. The van der Waals surface area contributed by atoms with Crippen molar-refractivity contribution < 1.29 is 26.0 Å². The van der Waals surface area contributed by atoms with Gasteiger partial charge in [-0.3, -0.25) is 9.62 Å². The van der Waals surface area contributed by atoms with Gasteiger partial charge < -0.3 is 5.32 Å². The molecule has 2 aliphatic rings. The number of fused-ring (bicyclic) bond motifs is 2. The summed E-state index contributed by atoms with van der Waals surface area (Å²) in [6.45, 7) is 1.61. The maximum absolute atomic E-state index is 15.0. The van der Waals surface area contributed by atoms with Crippen LogP contribution in [-0.4, -0.2) is 30.4 Å². The lowest BCUT2D eigenvalue weighted by Gasteiger charge is -2.31. The minimum Gasteiger partial charge on any atom is -0.381 e. The fourth-order valence-electron chi connectivity index (χ4n) is 5.54. The summed E-state index contributed by atoms with van der Waals surface area (Å²) in [5, 5.41) is 4.11. The van der Waals surface area contributed by atoms with Gasteiger partial charge in [-0.15, -0.1) is 11.3 Å². The molecule has 5 rings (SSSR count). The third-order valence-corrected chi connectivity index (χ3v) is 9.02. The van der Waals surface area contributed by atoms with Gasteiger partial charge in [0.2, 0.25) is 0 Å². The maximum Gasteiger partial charge on any atom is 0.268 e. The minimum atomic E-state index is -4.57. The second-order valence-corrected chi connectivity index (χ2v) is 11.4. The highest BCUT2D eigenvalue weighted by molar-refractivity contribution is 7.92. The lowest BCUT2D eigenvalue weighted by atomic mass is 9.98. The number of nitrogens with one attached hydrogen (secondary N) is 2. The summed E-state index contributed by atoms with van der Waals surface area (Å²) in [7, 11) is -4.57. The Balaban J connectivity index is 1.40. The molecule has 6 nitrogen and oxygen atoms in total. The van der Waals surface area contributed by atoms with Crippen LogP contribution in [0.2, 0.25) is 0 Å². The molecule has 3 heterocycles. The Kier molecular flexibility index (Phi) is 6.69. The van der Waals surface area contributed by atoms with Gasteiger partial charge in [-0.1, -0.05) is 0 Å². The molecule has 2 saturated heterocycles. The number of thiazole rings is 1. The molecule has 36 heavy (non-hydrogen) atoms. The van der Waals surface area contributed by atoms with Crippen LogP contribution in [0.15, 0.2) is 40.1 Å². The molecule has 2 bridgehead atoms. The van der Waals surface area contributed by atoms with Crippen molar-refractivity contribution >= 4 is 32.9 Å². The van der Waals surface area contributed by atoms with Crippen molar-refractivity contribution in [2.24, 2.45) is 0 Å². The summed E-state index contributed by atoms with van der Waals surface area (Å²) in [6.07, 6.45) is 4.13. The number of benzene rings is 2. The van der Waals surface area contributed by atoms with E-state index in [2.05, 4.69) is 15.2 Å². The SMILES string of the molecule is CC(c1c(F)ccc(F)c1CNc1cc(F)c(S(=O)(=O)Nc2cscn2)c(F)c1)N1C2CCC1CC2. The van der Waals surface area contributed by atoms with E-state index in [0.717, 1.165) is 61.3 Å². The summed E-state index contributed by atoms with van der Waals surface area (Å²) < 4.78 is 86.3. The molecule has 2 aliphatic heterocycles. The Morgan fingerprint density at radius 3 is 2.22 bits per heavy atom. The van der Waals surface area contributed by atoms with Crippen LogP contribution in [0.3, 0.4) is 0 Å². The Hall–Kier alpha value is -2.70. The topological polar surface area (TPSA) is 74.3 Å². The van der Waals surface area contributed by atoms with Crippen molar-refractivity contribution in [3.05, 3.63) is 69.6 Å². The molecule has 3 aromatic rings. The minimum absolute atomic E-state index is 0.0596. The summed E-state index contributed by atoms with van der Waals surface area (Å²) >= 11 is 1.11. The fourth-order valence-corrected chi connectivity index (χ4v) is 7.21. The highest BCUT2D eigenvalue weighted by Gasteiger charge is 2.43. The van der Waals surface area contributed by atoms with Crippen molar-refractivity contribution in [2.75, 3.05) is 10.0 Å². The molecule has 1 unspecified atom stereocenters. The molecule has 0 radical (unpaired) electrons. The summed E-state index contributed by atoms with van der Waals surface area (Å²) in [6, 6.07) is 4.04. The number of sulfonamides is 1. The van der Waals surface area contributed by atoms with E-state index in [9.17, 15) is 26.0 Å². The molecule has 2 N–H and O–H groups in total. The molecule has 0 saturated carbocycles. The van der Waals surface area contributed by atoms with Crippen LogP contribution in [0.25, 0.3) is 0 Å². The normalized spacial score (nSPS) is 20.6. The van der Waals surface area contributed by atoms with E-state index in [0.29, 0.717) is 12.1 Å². The molecule has 12 heteroatoms. The molecule has 192 valence electrons. The van der Waals surface area contributed by atoms with Gasteiger partial charge in [-0.05, 0) is 56.9 Å². The maximum atomic E-state index is 15.0. The van der Waals surface area contributed by atoms with Crippen LogP contribution in [0.4, 0.5) is 29.1 Å². The lowest BCUT2D eigenvalue weighted by molar-refractivity contribution is 0.184. The molecule has 0 amide bonds. The highest BCUT2D eigenvalue weighted by Crippen LogP contribution is 2.44. The molecule has 1 aromatic heterocycles. The van der Waals surface area contributed by atoms with Crippen molar-refractivity contribution in [3.8, 4) is 0 Å². The van der Waals surface area contributed by atoms with Crippen LogP contribution >= 0.6 is 11.3 Å². The van der Waals surface area contributed by atoms with E-state index in [1.807, 2.05) is 11.6 Å². The lowest BCUT2D eigenvalue weighted by Crippen LogP contribution is -2.33. The third-order valence-electron chi connectivity index (χ3n) is 7.03. The van der Waals surface area contributed by atoms with Crippen LogP contribution in [-0.2, 0) is 16.6 Å². The number of anilines is 2. The van der Waals surface area contributed by atoms with E-state index >= 15 is 0 Å². The standard InChI is InChI=1S/C24H24F4N4O2S2/c1-13(32-15-2-3-16(32)5-4-15)23-17(18(25)6-7-19(23)26)10-29-14-8-20(27)24(21(28)9-14)36(33,34)31-22-11-35-12-30-22/h6-9,11-13,15-16,29,31H,2-5,10H2,1H3. The monoisotopic (exact) mass is 540 g/mol. The molecular weight excluding hydrogens is 516 g/mol. The number of aromatic nitrogens is 1. The Bertz CT molecular complexity index is 1340. The van der Waals surface area contributed by atoms with Crippen LogP contribution < -0.4 is 10.0 Å². The fraction of sp³-hybridized carbons (Fsp3) is 0.375. The number of nitrogens with zero attached hydrogens (tertiary/aromatic N) is 2. The van der Waals surface area contributed by atoms with Gasteiger partial charge >= 0.3 is 0 Å².